The quantitative estimate of drug-likeness (QED) is 0.667. The Labute approximate surface area is 168 Å². The summed E-state index contributed by atoms with van der Waals surface area (Å²) in [6, 6.07) is 11.4. The maximum Gasteiger partial charge on any atom is 0.337 e. The summed E-state index contributed by atoms with van der Waals surface area (Å²) < 4.78 is 28.4. The number of ether oxygens (including phenoxy) is 1. The number of carbonyl (C=O) groups is 2. The number of sulfone groups is 1. The van der Waals surface area contributed by atoms with Gasteiger partial charge in [0.1, 0.15) is 0 Å². The van der Waals surface area contributed by atoms with Gasteiger partial charge in [0.25, 0.3) is 5.91 Å². The predicted molar refractivity (Wildman–Crippen MR) is 108 cm³/mol. The molecular formula is C21H20N2O5S. The Bertz CT molecular complexity index is 1240. The number of H-pyrrole nitrogens is 1. The molecule has 0 bridgehead atoms. The van der Waals surface area contributed by atoms with Gasteiger partial charge in [-0.15, -0.1) is 0 Å². The second-order valence-electron chi connectivity index (χ2n) is 7.11. The van der Waals surface area contributed by atoms with E-state index in [1.54, 1.807) is 29.2 Å². The molecule has 1 aliphatic heterocycles. The number of methoxy groups -OCH3 is 1. The van der Waals surface area contributed by atoms with Crippen molar-refractivity contribution >= 4 is 32.6 Å². The van der Waals surface area contributed by atoms with Crippen LogP contribution < -0.4 is 0 Å². The lowest BCUT2D eigenvalue weighted by Crippen LogP contribution is -2.35. The molecule has 1 N–H and O–H groups in total. The van der Waals surface area contributed by atoms with Crippen molar-refractivity contribution in [3.8, 4) is 0 Å². The van der Waals surface area contributed by atoms with E-state index in [-0.39, 0.29) is 10.8 Å². The zero-order valence-corrected chi connectivity index (χ0v) is 16.9. The summed E-state index contributed by atoms with van der Waals surface area (Å²) in [6.07, 6.45) is 1.77. The number of nitrogens with zero attached hydrogens (tertiary/aromatic N) is 1. The Kier molecular flexibility index (Phi) is 4.66. The molecule has 0 fully saturated rings. The molecule has 0 saturated heterocycles. The monoisotopic (exact) mass is 412 g/mol. The van der Waals surface area contributed by atoms with E-state index in [2.05, 4.69) is 4.98 Å². The van der Waals surface area contributed by atoms with Gasteiger partial charge in [0.05, 0.1) is 17.6 Å². The van der Waals surface area contributed by atoms with Crippen LogP contribution in [-0.4, -0.2) is 50.1 Å². The minimum atomic E-state index is -3.39. The lowest BCUT2D eigenvalue weighted by molar-refractivity contribution is 0.0600. The van der Waals surface area contributed by atoms with Gasteiger partial charge in [-0.25, -0.2) is 13.2 Å². The fourth-order valence-corrected chi connectivity index (χ4v) is 4.34. The topological polar surface area (TPSA) is 96.5 Å². The van der Waals surface area contributed by atoms with Crippen molar-refractivity contribution < 1.29 is 22.7 Å². The highest BCUT2D eigenvalue weighted by molar-refractivity contribution is 7.90. The first-order valence-electron chi connectivity index (χ1n) is 9.09. The summed E-state index contributed by atoms with van der Waals surface area (Å²) in [5.41, 5.74) is 3.69. The van der Waals surface area contributed by atoms with Crippen LogP contribution in [0.3, 0.4) is 0 Å². The molecule has 0 spiro atoms. The Morgan fingerprint density at radius 3 is 2.62 bits per heavy atom. The average Bonchev–Trinajstić information content (AvgIpc) is 3.09. The van der Waals surface area contributed by atoms with Gasteiger partial charge in [0.15, 0.2) is 9.84 Å². The number of hydrogen-bond acceptors (Lipinski definition) is 5. The van der Waals surface area contributed by atoms with Crippen molar-refractivity contribution in [1.29, 1.82) is 0 Å². The van der Waals surface area contributed by atoms with Crippen LogP contribution in [0.5, 0.6) is 0 Å². The van der Waals surface area contributed by atoms with E-state index < -0.39 is 15.8 Å². The molecule has 1 aliphatic rings. The number of rotatable bonds is 3. The molecule has 2 heterocycles. The molecule has 0 aliphatic carbocycles. The van der Waals surface area contributed by atoms with Gasteiger partial charge in [0.2, 0.25) is 0 Å². The molecule has 150 valence electrons. The van der Waals surface area contributed by atoms with Crippen LogP contribution in [0.4, 0.5) is 0 Å². The molecular weight excluding hydrogens is 392 g/mol. The lowest BCUT2D eigenvalue weighted by Gasteiger charge is -2.27. The van der Waals surface area contributed by atoms with E-state index in [9.17, 15) is 18.0 Å². The molecule has 8 heteroatoms. The van der Waals surface area contributed by atoms with Crippen molar-refractivity contribution in [2.45, 2.75) is 17.9 Å². The second-order valence-corrected chi connectivity index (χ2v) is 9.13. The van der Waals surface area contributed by atoms with E-state index >= 15 is 0 Å². The number of nitrogens with one attached hydrogen (secondary N) is 1. The highest BCUT2D eigenvalue weighted by atomic mass is 32.2. The van der Waals surface area contributed by atoms with E-state index in [0.717, 1.165) is 28.4 Å². The Morgan fingerprint density at radius 2 is 1.90 bits per heavy atom. The van der Waals surface area contributed by atoms with E-state index in [1.165, 1.54) is 19.2 Å². The summed E-state index contributed by atoms with van der Waals surface area (Å²) in [7, 11) is -2.06. The molecule has 0 unspecified atom stereocenters. The number of benzene rings is 2. The Balaban J connectivity index is 1.67. The maximum atomic E-state index is 13.0. The van der Waals surface area contributed by atoms with Crippen molar-refractivity contribution in [1.82, 2.24) is 9.88 Å². The van der Waals surface area contributed by atoms with Crippen LogP contribution in [0, 0.1) is 0 Å². The highest BCUT2D eigenvalue weighted by Crippen LogP contribution is 2.29. The Hall–Kier alpha value is -3.13. The number of hydrogen-bond donors (Lipinski definition) is 1. The van der Waals surface area contributed by atoms with Crippen LogP contribution in [0.2, 0.25) is 0 Å². The molecule has 0 atom stereocenters. The van der Waals surface area contributed by atoms with Crippen LogP contribution in [-0.2, 0) is 27.5 Å². The molecule has 29 heavy (non-hydrogen) atoms. The summed E-state index contributed by atoms with van der Waals surface area (Å²) in [5, 5.41) is 0.880. The second kappa shape index (κ2) is 7.04. The fourth-order valence-electron chi connectivity index (χ4n) is 3.67. The molecule has 0 radical (unpaired) electrons. The van der Waals surface area contributed by atoms with Crippen molar-refractivity contribution in [3.05, 3.63) is 64.8 Å². The zero-order valence-electron chi connectivity index (χ0n) is 16.1. The fraction of sp³-hybridized carbons (Fsp3) is 0.238. The molecule has 1 amide bonds. The molecule has 1 aromatic heterocycles. The smallest absolute Gasteiger partial charge is 0.337 e. The normalized spacial score (nSPS) is 13.9. The molecule has 7 nitrogen and oxygen atoms in total. The number of carbonyl (C=O) groups excluding carboxylic acids is 2. The van der Waals surface area contributed by atoms with Crippen LogP contribution in [0.25, 0.3) is 10.9 Å². The Morgan fingerprint density at radius 1 is 1.10 bits per heavy atom. The third kappa shape index (κ3) is 3.51. The number of esters is 1. The predicted octanol–water partition coefficient (Wildman–Crippen LogP) is 2.56. The van der Waals surface area contributed by atoms with Crippen LogP contribution >= 0.6 is 0 Å². The SMILES string of the molecule is COC(=O)c1ccc2[nH]c3c(c2c1)CN(C(=O)c1cccc(S(C)(=O)=O)c1)CC3. The van der Waals surface area contributed by atoms with Crippen molar-refractivity contribution in [2.75, 3.05) is 19.9 Å². The molecule has 4 rings (SSSR count). The lowest BCUT2D eigenvalue weighted by atomic mass is 10.0. The van der Waals surface area contributed by atoms with E-state index in [4.69, 9.17) is 4.74 Å². The number of aromatic amines is 1. The van der Waals surface area contributed by atoms with Gasteiger partial charge in [0, 0.05) is 53.5 Å². The standard InChI is InChI=1S/C21H20N2O5S/c1-28-21(25)14-6-7-18-16(11-14)17-12-23(9-8-19(17)22-18)20(24)13-4-3-5-15(10-13)29(2,26)27/h3-7,10-11,22H,8-9,12H2,1-2H3. The van der Waals surface area contributed by atoms with Crippen molar-refractivity contribution in [3.63, 3.8) is 0 Å². The van der Waals surface area contributed by atoms with Gasteiger partial charge >= 0.3 is 5.97 Å². The van der Waals surface area contributed by atoms with Crippen LogP contribution in [0.15, 0.2) is 47.4 Å². The number of aromatic nitrogens is 1. The minimum Gasteiger partial charge on any atom is -0.465 e. The largest absolute Gasteiger partial charge is 0.465 e. The van der Waals surface area contributed by atoms with Crippen LogP contribution in [0.1, 0.15) is 32.0 Å². The average molecular weight is 412 g/mol. The van der Waals surface area contributed by atoms with Gasteiger partial charge in [-0.1, -0.05) is 6.07 Å². The summed E-state index contributed by atoms with van der Waals surface area (Å²) in [5.74, 6) is -0.636. The molecule has 3 aromatic rings. The maximum absolute atomic E-state index is 13.0. The number of amides is 1. The van der Waals surface area contributed by atoms with Gasteiger partial charge < -0.3 is 14.6 Å². The van der Waals surface area contributed by atoms with E-state index in [1.807, 2.05) is 6.07 Å². The third-order valence-corrected chi connectivity index (χ3v) is 6.30. The first-order valence-corrected chi connectivity index (χ1v) is 11.0. The van der Waals surface area contributed by atoms with Gasteiger partial charge in [-0.3, -0.25) is 4.79 Å². The first-order chi connectivity index (χ1) is 13.8. The van der Waals surface area contributed by atoms with Gasteiger partial charge in [-0.2, -0.15) is 0 Å². The minimum absolute atomic E-state index is 0.121. The first kappa shape index (κ1) is 19.2. The summed E-state index contributed by atoms with van der Waals surface area (Å²) in [4.78, 5) is 30.1. The number of fused-ring (bicyclic) bond motifs is 3. The molecule has 0 saturated carbocycles. The highest BCUT2D eigenvalue weighted by Gasteiger charge is 2.26. The zero-order chi connectivity index (χ0) is 20.8. The van der Waals surface area contributed by atoms with Gasteiger partial charge in [-0.05, 0) is 36.4 Å². The van der Waals surface area contributed by atoms with E-state index in [0.29, 0.717) is 30.6 Å². The summed E-state index contributed by atoms with van der Waals surface area (Å²) in [6.45, 7) is 0.896. The van der Waals surface area contributed by atoms with Crippen molar-refractivity contribution in [2.24, 2.45) is 0 Å². The summed E-state index contributed by atoms with van der Waals surface area (Å²) >= 11 is 0. The molecule has 2 aromatic carbocycles. The third-order valence-electron chi connectivity index (χ3n) is 5.19.